The van der Waals surface area contributed by atoms with E-state index >= 15 is 0 Å². The first-order chi connectivity index (χ1) is 14.5. The highest BCUT2D eigenvalue weighted by Gasteiger charge is 2.74. The molecule has 3 atom stereocenters. The van der Waals surface area contributed by atoms with Crippen molar-refractivity contribution in [2.45, 2.75) is 11.7 Å². The predicted molar refractivity (Wildman–Crippen MR) is 103 cm³/mol. The van der Waals surface area contributed by atoms with Crippen molar-refractivity contribution in [3.63, 3.8) is 0 Å². The number of amides is 2. The summed E-state index contributed by atoms with van der Waals surface area (Å²) >= 11 is 0. The van der Waals surface area contributed by atoms with Gasteiger partial charge in [0.25, 0.3) is 5.60 Å². The summed E-state index contributed by atoms with van der Waals surface area (Å²) in [5.74, 6) is -5.96. The van der Waals surface area contributed by atoms with Crippen LogP contribution in [0.2, 0.25) is 0 Å². The number of hydrogen-bond donors (Lipinski definition) is 0. The summed E-state index contributed by atoms with van der Waals surface area (Å²) in [7, 11) is 2.16. The topological polar surface area (TPSA) is 99.2 Å². The Bertz CT molecular complexity index is 989. The third kappa shape index (κ3) is 2.64. The third-order valence-corrected chi connectivity index (χ3v) is 5.55. The standard InChI is InChI=1S/C22H19NO7/c1-28-20(26)22(21(27)29-2)16-15(17(30-22)13-9-5-3-6-10-13)18(24)23(19(16)25)14-11-7-4-8-12-14/h3-12,15-17H,1-2H3/t15-,16-,17+/m0/s1. The van der Waals surface area contributed by atoms with Crippen LogP contribution in [0.5, 0.6) is 0 Å². The van der Waals surface area contributed by atoms with Gasteiger partial charge in [0.2, 0.25) is 11.8 Å². The van der Waals surface area contributed by atoms with Gasteiger partial charge in [0.1, 0.15) is 5.92 Å². The number of carbonyl (C=O) groups excluding carboxylic acids is 4. The minimum absolute atomic E-state index is 0.345. The molecule has 2 fully saturated rings. The van der Waals surface area contributed by atoms with Crippen molar-refractivity contribution in [1.29, 1.82) is 0 Å². The Kier molecular flexibility index (Phi) is 4.87. The number of carbonyl (C=O) groups is 4. The maximum absolute atomic E-state index is 13.4. The smallest absolute Gasteiger partial charge is 0.350 e. The average molecular weight is 409 g/mol. The van der Waals surface area contributed by atoms with Crippen molar-refractivity contribution in [2.24, 2.45) is 11.8 Å². The van der Waals surface area contributed by atoms with Gasteiger partial charge in [-0.1, -0.05) is 48.5 Å². The van der Waals surface area contributed by atoms with Gasteiger partial charge >= 0.3 is 11.9 Å². The molecule has 0 aromatic heterocycles. The summed E-state index contributed by atoms with van der Waals surface area (Å²) in [6.45, 7) is 0. The number of imide groups is 1. The van der Waals surface area contributed by atoms with Crippen LogP contribution in [0.4, 0.5) is 5.69 Å². The molecule has 2 aromatic rings. The molecule has 0 unspecified atom stereocenters. The molecule has 0 N–H and O–H groups in total. The summed E-state index contributed by atoms with van der Waals surface area (Å²) in [6, 6.07) is 17.0. The molecule has 2 aromatic carbocycles. The molecule has 2 aliphatic heterocycles. The fraction of sp³-hybridized carbons (Fsp3) is 0.273. The van der Waals surface area contributed by atoms with Gasteiger partial charge in [-0.15, -0.1) is 0 Å². The minimum atomic E-state index is -2.38. The molecule has 0 bridgehead atoms. The monoisotopic (exact) mass is 409 g/mol. The Morgan fingerprint density at radius 3 is 1.93 bits per heavy atom. The molecule has 0 aliphatic carbocycles. The fourth-order valence-corrected chi connectivity index (χ4v) is 4.26. The van der Waals surface area contributed by atoms with Crippen molar-refractivity contribution in [3.05, 3.63) is 66.2 Å². The molecule has 2 amide bonds. The van der Waals surface area contributed by atoms with Gasteiger partial charge in [0, 0.05) is 0 Å². The van der Waals surface area contributed by atoms with Gasteiger partial charge < -0.3 is 14.2 Å². The second kappa shape index (κ2) is 7.38. The van der Waals surface area contributed by atoms with E-state index in [1.807, 2.05) is 0 Å². The zero-order chi connectivity index (χ0) is 21.5. The zero-order valence-electron chi connectivity index (χ0n) is 16.3. The van der Waals surface area contributed by atoms with Crippen LogP contribution in [-0.4, -0.2) is 43.6 Å². The first-order valence-electron chi connectivity index (χ1n) is 9.29. The SMILES string of the molecule is COC(=O)C1(C(=O)OC)O[C@H](c2ccccc2)[C@H]2C(=O)N(c3ccccc3)C(=O)[C@H]21. The summed E-state index contributed by atoms with van der Waals surface area (Å²) < 4.78 is 15.6. The molecule has 8 heteroatoms. The Balaban J connectivity index is 1.91. The van der Waals surface area contributed by atoms with Gasteiger partial charge in [0.15, 0.2) is 0 Å². The Labute approximate surface area is 172 Å². The van der Waals surface area contributed by atoms with E-state index in [0.717, 1.165) is 19.1 Å². The lowest BCUT2D eigenvalue weighted by Gasteiger charge is -2.28. The van der Waals surface area contributed by atoms with Gasteiger partial charge in [0.05, 0.1) is 31.9 Å². The lowest BCUT2D eigenvalue weighted by Crippen LogP contribution is -2.56. The molecule has 4 rings (SSSR count). The van der Waals surface area contributed by atoms with Crippen LogP contribution in [0.15, 0.2) is 60.7 Å². The van der Waals surface area contributed by atoms with Gasteiger partial charge in [-0.05, 0) is 17.7 Å². The summed E-state index contributed by atoms with van der Waals surface area (Å²) in [5.41, 5.74) is -1.49. The fourth-order valence-electron chi connectivity index (χ4n) is 4.26. The van der Waals surface area contributed by atoms with Crippen LogP contribution in [0.1, 0.15) is 11.7 Å². The molecule has 154 valence electrons. The highest BCUT2D eigenvalue weighted by atomic mass is 16.6. The van der Waals surface area contributed by atoms with Gasteiger partial charge in [-0.25, -0.2) is 14.5 Å². The van der Waals surface area contributed by atoms with Crippen LogP contribution in [0.25, 0.3) is 0 Å². The minimum Gasteiger partial charge on any atom is -0.466 e. The van der Waals surface area contributed by atoms with Crippen LogP contribution in [0.3, 0.4) is 0 Å². The number of esters is 2. The Hall–Kier alpha value is -3.52. The largest absolute Gasteiger partial charge is 0.466 e. The number of fused-ring (bicyclic) bond motifs is 1. The normalized spacial score (nSPS) is 24.5. The van der Waals surface area contributed by atoms with E-state index in [1.54, 1.807) is 60.7 Å². The number of nitrogens with zero attached hydrogens (tertiary/aromatic N) is 1. The Morgan fingerprint density at radius 2 is 1.40 bits per heavy atom. The lowest BCUT2D eigenvalue weighted by atomic mass is 9.79. The van der Waals surface area contributed by atoms with E-state index in [-0.39, 0.29) is 0 Å². The quantitative estimate of drug-likeness (QED) is 0.430. The van der Waals surface area contributed by atoms with Crippen molar-refractivity contribution >= 4 is 29.4 Å². The maximum atomic E-state index is 13.4. The van der Waals surface area contributed by atoms with Crippen molar-refractivity contribution < 1.29 is 33.4 Å². The molecular weight excluding hydrogens is 390 g/mol. The van der Waals surface area contributed by atoms with E-state index in [1.165, 1.54) is 0 Å². The number of benzene rings is 2. The van der Waals surface area contributed by atoms with E-state index in [9.17, 15) is 19.2 Å². The van der Waals surface area contributed by atoms with Crippen LogP contribution in [0, 0.1) is 11.8 Å². The Morgan fingerprint density at radius 1 is 0.867 bits per heavy atom. The summed E-state index contributed by atoms with van der Waals surface area (Å²) in [4.78, 5) is 53.5. The van der Waals surface area contributed by atoms with E-state index in [4.69, 9.17) is 14.2 Å². The molecule has 0 radical (unpaired) electrons. The summed E-state index contributed by atoms with van der Waals surface area (Å²) in [6.07, 6.45) is -1.01. The van der Waals surface area contributed by atoms with Crippen LogP contribution in [-0.2, 0) is 33.4 Å². The second-order valence-electron chi connectivity index (χ2n) is 7.02. The molecule has 2 saturated heterocycles. The van der Waals surface area contributed by atoms with E-state index < -0.39 is 47.3 Å². The van der Waals surface area contributed by atoms with Crippen molar-refractivity contribution in [1.82, 2.24) is 0 Å². The first kappa shape index (κ1) is 19.8. The molecule has 0 saturated carbocycles. The van der Waals surface area contributed by atoms with E-state index in [2.05, 4.69) is 0 Å². The second-order valence-corrected chi connectivity index (χ2v) is 7.02. The first-order valence-corrected chi connectivity index (χ1v) is 9.29. The summed E-state index contributed by atoms with van der Waals surface area (Å²) in [5, 5.41) is 0. The highest BCUT2D eigenvalue weighted by Crippen LogP contribution is 2.54. The molecule has 2 aliphatic rings. The van der Waals surface area contributed by atoms with Gasteiger partial charge in [-0.2, -0.15) is 0 Å². The number of hydrogen-bond acceptors (Lipinski definition) is 7. The van der Waals surface area contributed by atoms with Crippen LogP contribution < -0.4 is 4.90 Å². The van der Waals surface area contributed by atoms with Crippen LogP contribution >= 0.6 is 0 Å². The number of methoxy groups -OCH3 is 2. The number of anilines is 1. The highest BCUT2D eigenvalue weighted by molar-refractivity contribution is 6.26. The molecule has 0 spiro atoms. The number of rotatable bonds is 4. The average Bonchev–Trinajstić information content (AvgIpc) is 3.28. The molecule has 30 heavy (non-hydrogen) atoms. The zero-order valence-corrected chi connectivity index (χ0v) is 16.3. The number of ether oxygens (including phenoxy) is 3. The van der Waals surface area contributed by atoms with E-state index in [0.29, 0.717) is 11.3 Å². The number of para-hydroxylation sites is 1. The van der Waals surface area contributed by atoms with Gasteiger partial charge in [-0.3, -0.25) is 9.59 Å². The predicted octanol–water partition coefficient (Wildman–Crippen LogP) is 1.65. The third-order valence-electron chi connectivity index (χ3n) is 5.55. The molecule has 2 heterocycles. The van der Waals surface area contributed by atoms with Crippen molar-refractivity contribution in [2.75, 3.05) is 19.1 Å². The lowest BCUT2D eigenvalue weighted by molar-refractivity contribution is -0.191. The molecular formula is C22H19NO7. The molecule has 8 nitrogen and oxygen atoms in total. The maximum Gasteiger partial charge on any atom is 0.350 e. The van der Waals surface area contributed by atoms with Crippen molar-refractivity contribution in [3.8, 4) is 0 Å².